The van der Waals surface area contributed by atoms with Gasteiger partial charge in [0.15, 0.2) is 0 Å². The second-order valence-electron chi connectivity index (χ2n) is 3.44. The Labute approximate surface area is 94.8 Å². The van der Waals surface area contributed by atoms with Gasteiger partial charge in [0.1, 0.15) is 17.1 Å². The molecule has 1 N–H and O–H groups in total. The van der Waals surface area contributed by atoms with Gasteiger partial charge in [-0.1, -0.05) is 6.92 Å². The van der Waals surface area contributed by atoms with Crippen LogP contribution in [0.1, 0.15) is 28.4 Å². The maximum absolute atomic E-state index is 11.1. The Kier molecular flexibility index (Phi) is 3.77. The van der Waals surface area contributed by atoms with Crippen molar-refractivity contribution < 1.29 is 19.4 Å². The lowest BCUT2D eigenvalue weighted by molar-refractivity contribution is 0.0692. The number of benzene rings is 1. The number of aromatic carboxylic acids is 1. The van der Waals surface area contributed by atoms with Crippen molar-refractivity contribution in [1.29, 1.82) is 0 Å². The van der Waals surface area contributed by atoms with Crippen LogP contribution in [0.15, 0.2) is 6.07 Å². The first-order valence-electron chi connectivity index (χ1n) is 5.04. The molecule has 88 valence electrons. The normalized spacial score (nSPS) is 10.0. The number of carboxylic acids is 1. The Morgan fingerprint density at radius 2 is 2.00 bits per heavy atom. The molecule has 1 aromatic rings. The fourth-order valence-corrected chi connectivity index (χ4v) is 1.81. The lowest BCUT2D eigenvalue weighted by Gasteiger charge is -2.16. The Bertz CT molecular complexity index is 410. The number of ether oxygens (including phenoxy) is 2. The van der Waals surface area contributed by atoms with Crippen molar-refractivity contribution in [2.75, 3.05) is 14.2 Å². The summed E-state index contributed by atoms with van der Waals surface area (Å²) in [6.45, 7) is 3.66. The zero-order valence-corrected chi connectivity index (χ0v) is 9.96. The van der Waals surface area contributed by atoms with Crippen molar-refractivity contribution in [1.82, 2.24) is 0 Å². The minimum Gasteiger partial charge on any atom is -0.496 e. The molecule has 0 atom stereocenters. The number of rotatable bonds is 4. The van der Waals surface area contributed by atoms with Crippen molar-refractivity contribution in [2.24, 2.45) is 0 Å². The van der Waals surface area contributed by atoms with Crippen LogP contribution >= 0.6 is 0 Å². The molecule has 0 amide bonds. The summed E-state index contributed by atoms with van der Waals surface area (Å²) < 4.78 is 10.4. The van der Waals surface area contributed by atoms with Gasteiger partial charge in [-0.15, -0.1) is 0 Å². The number of carbonyl (C=O) groups is 1. The summed E-state index contributed by atoms with van der Waals surface area (Å²) in [6.07, 6.45) is 0.660. The lowest BCUT2D eigenvalue weighted by atomic mass is 10.0. The van der Waals surface area contributed by atoms with Crippen LogP contribution < -0.4 is 9.47 Å². The highest BCUT2D eigenvalue weighted by molar-refractivity contribution is 5.93. The first-order valence-corrected chi connectivity index (χ1v) is 5.04. The van der Waals surface area contributed by atoms with E-state index < -0.39 is 5.97 Å². The summed E-state index contributed by atoms with van der Waals surface area (Å²) in [5.41, 5.74) is 1.63. The monoisotopic (exact) mass is 224 g/mol. The van der Waals surface area contributed by atoms with Gasteiger partial charge >= 0.3 is 5.97 Å². The molecule has 1 aromatic carbocycles. The summed E-state index contributed by atoms with van der Waals surface area (Å²) in [5, 5.41) is 9.14. The Hall–Kier alpha value is -1.71. The minimum absolute atomic E-state index is 0.208. The standard InChI is InChI=1S/C12H16O4/c1-5-8-9(15-3)6-7(2)10(12(13)14)11(8)16-4/h6H,5H2,1-4H3,(H,13,14). The van der Waals surface area contributed by atoms with Crippen LogP contribution in [0.2, 0.25) is 0 Å². The lowest BCUT2D eigenvalue weighted by Crippen LogP contribution is -2.07. The first kappa shape index (κ1) is 12.4. The van der Waals surface area contributed by atoms with E-state index >= 15 is 0 Å². The molecule has 0 saturated heterocycles. The van der Waals surface area contributed by atoms with Gasteiger partial charge < -0.3 is 14.6 Å². The van der Waals surface area contributed by atoms with E-state index in [4.69, 9.17) is 14.6 Å². The summed E-state index contributed by atoms with van der Waals surface area (Å²) in [5.74, 6) is 0.0837. The van der Waals surface area contributed by atoms with E-state index in [1.165, 1.54) is 7.11 Å². The molecule has 0 aliphatic carbocycles. The molecule has 0 bridgehead atoms. The average molecular weight is 224 g/mol. The molecule has 0 heterocycles. The predicted molar refractivity (Wildman–Crippen MR) is 60.6 cm³/mol. The summed E-state index contributed by atoms with van der Waals surface area (Å²) in [6, 6.07) is 1.73. The smallest absolute Gasteiger partial charge is 0.339 e. The zero-order valence-electron chi connectivity index (χ0n) is 9.96. The van der Waals surface area contributed by atoms with Gasteiger partial charge in [-0.3, -0.25) is 0 Å². The van der Waals surface area contributed by atoms with Gasteiger partial charge in [0.2, 0.25) is 0 Å². The van der Waals surface area contributed by atoms with Crippen LogP contribution in [-0.2, 0) is 6.42 Å². The predicted octanol–water partition coefficient (Wildman–Crippen LogP) is 2.27. The maximum Gasteiger partial charge on any atom is 0.339 e. The fraction of sp³-hybridized carbons (Fsp3) is 0.417. The molecule has 0 unspecified atom stereocenters. The van der Waals surface area contributed by atoms with E-state index in [1.807, 2.05) is 6.92 Å². The number of methoxy groups -OCH3 is 2. The van der Waals surface area contributed by atoms with Crippen LogP contribution in [-0.4, -0.2) is 25.3 Å². The van der Waals surface area contributed by atoms with Gasteiger partial charge in [-0.25, -0.2) is 4.79 Å². The largest absolute Gasteiger partial charge is 0.496 e. The Morgan fingerprint density at radius 1 is 1.38 bits per heavy atom. The van der Waals surface area contributed by atoms with Gasteiger partial charge in [0.25, 0.3) is 0 Å². The third-order valence-corrected chi connectivity index (χ3v) is 2.53. The van der Waals surface area contributed by atoms with Crippen molar-refractivity contribution in [3.8, 4) is 11.5 Å². The topological polar surface area (TPSA) is 55.8 Å². The SMILES string of the molecule is CCc1c(OC)cc(C)c(C(=O)O)c1OC. The molecule has 0 aliphatic rings. The molecule has 16 heavy (non-hydrogen) atoms. The van der Waals surface area contributed by atoms with Crippen LogP contribution in [0.3, 0.4) is 0 Å². The highest BCUT2D eigenvalue weighted by Crippen LogP contribution is 2.35. The van der Waals surface area contributed by atoms with Crippen LogP contribution in [0.25, 0.3) is 0 Å². The van der Waals surface area contributed by atoms with Gasteiger partial charge in [0.05, 0.1) is 14.2 Å². The second-order valence-corrected chi connectivity index (χ2v) is 3.44. The molecule has 1 rings (SSSR count). The van der Waals surface area contributed by atoms with E-state index in [1.54, 1.807) is 20.1 Å². The molecule has 4 nitrogen and oxygen atoms in total. The third-order valence-electron chi connectivity index (χ3n) is 2.53. The number of aryl methyl sites for hydroxylation is 1. The highest BCUT2D eigenvalue weighted by atomic mass is 16.5. The molecule has 0 radical (unpaired) electrons. The molecule has 0 aromatic heterocycles. The molecule has 4 heteroatoms. The molecule has 0 spiro atoms. The van der Waals surface area contributed by atoms with E-state index in [-0.39, 0.29) is 5.56 Å². The second kappa shape index (κ2) is 4.88. The Balaban J connectivity index is 3.57. The first-order chi connectivity index (χ1) is 7.56. The van der Waals surface area contributed by atoms with Crippen molar-refractivity contribution in [3.63, 3.8) is 0 Å². The van der Waals surface area contributed by atoms with E-state index in [0.717, 1.165) is 5.56 Å². The summed E-state index contributed by atoms with van der Waals surface area (Å²) in [7, 11) is 3.04. The summed E-state index contributed by atoms with van der Waals surface area (Å²) in [4.78, 5) is 11.1. The molecule has 0 saturated carbocycles. The van der Waals surface area contributed by atoms with Crippen LogP contribution in [0.4, 0.5) is 0 Å². The van der Waals surface area contributed by atoms with Gasteiger partial charge in [0, 0.05) is 5.56 Å². The van der Waals surface area contributed by atoms with E-state index in [0.29, 0.717) is 23.5 Å². The number of hydrogen-bond acceptors (Lipinski definition) is 3. The van der Waals surface area contributed by atoms with Crippen LogP contribution in [0.5, 0.6) is 11.5 Å². The van der Waals surface area contributed by atoms with Crippen molar-refractivity contribution >= 4 is 5.97 Å². The third kappa shape index (κ3) is 1.96. The van der Waals surface area contributed by atoms with Crippen molar-refractivity contribution in [2.45, 2.75) is 20.3 Å². The number of carboxylic acid groups (broad SMARTS) is 1. The average Bonchev–Trinajstić information content (AvgIpc) is 2.26. The molecular weight excluding hydrogens is 208 g/mol. The van der Waals surface area contributed by atoms with Crippen LogP contribution in [0, 0.1) is 6.92 Å². The maximum atomic E-state index is 11.1. The minimum atomic E-state index is -0.980. The highest BCUT2D eigenvalue weighted by Gasteiger charge is 2.21. The molecular formula is C12H16O4. The van der Waals surface area contributed by atoms with Crippen molar-refractivity contribution in [3.05, 3.63) is 22.8 Å². The van der Waals surface area contributed by atoms with Gasteiger partial charge in [-0.05, 0) is 25.0 Å². The molecule has 0 aliphatic heterocycles. The number of hydrogen-bond donors (Lipinski definition) is 1. The quantitative estimate of drug-likeness (QED) is 0.852. The molecule has 0 fully saturated rings. The van der Waals surface area contributed by atoms with E-state index in [9.17, 15) is 4.79 Å². The Morgan fingerprint density at radius 3 is 2.38 bits per heavy atom. The summed E-state index contributed by atoms with van der Waals surface area (Å²) >= 11 is 0. The zero-order chi connectivity index (χ0) is 12.3. The van der Waals surface area contributed by atoms with E-state index in [2.05, 4.69) is 0 Å². The fourth-order valence-electron chi connectivity index (χ4n) is 1.81. The van der Waals surface area contributed by atoms with Gasteiger partial charge in [-0.2, -0.15) is 0 Å².